The third-order valence-electron chi connectivity index (χ3n) is 4.22. The van der Waals surface area contributed by atoms with Crippen molar-refractivity contribution in [2.24, 2.45) is 0 Å². The summed E-state index contributed by atoms with van der Waals surface area (Å²) in [5, 5.41) is 15.3. The SMILES string of the molecule is CCCCN(CC)c1cc(C)nc(Nc2ccc(OC)cc2Cl)c1[N+](=O)[O-]. The number of aromatic nitrogens is 1. The molecule has 2 aromatic rings. The zero-order chi connectivity index (χ0) is 20.0. The summed E-state index contributed by atoms with van der Waals surface area (Å²) in [5.74, 6) is 0.784. The Balaban J connectivity index is 2.51. The summed E-state index contributed by atoms with van der Waals surface area (Å²) in [6.45, 7) is 7.33. The standard InChI is InChI=1S/C19H25ClN4O3/c1-5-7-10-23(6-2)17-11-13(3)21-19(18(17)24(25)26)22-16-9-8-14(27-4)12-15(16)20/h8-9,11-12H,5-7,10H2,1-4H3,(H,21,22). The van der Waals surface area contributed by atoms with Gasteiger partial charge in [0.1, 0.15) is 11.4 Å². The summed E-state index contributed by atoms with van der Waals surface area (Å²) in [5.41, 5.74) is 1.74. The Bertz CT molecular complexity index is 814. The van der Waals surface area contributed by atoms with Crippen LogP contribution in [0, 0.1) is 17.0 Å². The highest BCUT2D eigenvalue weighted by Crippen LogP contribution is 2.38. The second-order valence-electron chi connectivity index (χ2n) is 6.14. The predicted molar refractivity (Wildman–Crippen MR) is 110 cm³/mol. The first-order valence-corrected chi connectivity index (χ1v) is 9.30. The van der Waals surface area contributed by atoms with Gasteiger partial charge in [0.2, 0.25) is 5.82 Å². The lowest BCUT2D eigenvalue weighted by Gasteiger charge is -2.24. The number of pyridine rings is 1. The number of hydrogen-bond acceptors (Lipinski definition) is 6. The van der Waals surface area contributed by atoms with Crippen molar-refractivity contribution < 1.29 is 9.66 Å². The number of nitrogens with zero attached hydrogens (tertiary/aromatic N) is 3. The maximum atomic E-state index is 11.9. The number of anilines is 3. The van der Waals surface area contributed by atoms with Crippen LogP contribution < -0.4 is 15.0 Å². The van der Waals surface area contributed by atoms with Gasteiger partial charge in [0.25, 0.3) is 0 Å². The molecule has 1 heterocycles. The zero-order valence-corrected chi connectivity index (χ0v) is 16.8. The number of hydrogen-bond donors (Lipinski definition) is 1. The quantitative estimate of drug-likeness (QED) is 0.458. The molecule has 0 atom stereocenters. The minimum Gasteiger partial charge on any atom is -0.497 e. The number of methoxy groups -OCH3 is 1. The fourth-order valence-corrected chi connectivity index (χ4v) is 3.02. The van der Waals surface area contributed by atoms with Gasteiger partial charge in [-0.05, 0) is 38.5 Å². The van der Waals surface area contributed by atoms with E-state index < -0.39 is 4.92 Å². The molecule has 1 aromatic heterocycles. The lowest BCUT2D eigenvalue weighted by molar-refractivity contribution is -0.383. The molecule has 1 N–H and O–H groups in total. The summed E-state index contributed by atoms with van der Waals surface area (Å²) >= 11 is 6.28. The fraction of sp³-hybridized carbons (Fsp3) is 0.421. The second kappa shape index (κ2) is 9.41. The summed E-state index contributed by atoms with van der Waals surface area (Å²) in [7, 11) is 1.55. The molecule has 0 aliphatic rings. The molecule has 0 amide bonds. The highest BCUT2D eigenvalue weighted by molar-refractivity contribution is 6.33. The highest BCUT2D eigenvalue weighted by atomic mass is 35.5. The lowest BCUT2D eigenvalue weighted by Crippen LogP contribution is -2.25. The van der Waals surface area contributed by atoms with Crippen molar-refractivity contribution in [2.45, 2.75) is 33.6 Å². The van der Waals surface area contributed by atoms with Gasteiger partial charge in [-0.1, -0.05) is 24.9 Å². The van der Waals surface area contributed by atoms with E-state index in [9.17, 15) is 10.1 Å². The van der Waals surface area contributed by atoms with Crippen molar-refractivity contribution >= 4 is 34.5 Å². The fourth-order valence-electron chi connectivity index (χ4n) is 2.81. The van der Waals surface area contributed by atoms with Crippen LogP contribution in [-0.2, 0) is 0 Å². The van der Waals surface area contributed by atoms with Crippen LogP contribution in [0.5, 0.6) is 5.75 Å². The predicted octanol–water partition coefficient (Wildman–Crippen LogP) is 5.33. The van der Waals surface area contributed by atoms with E-state index in [1.807, 2.05) is 18.7 Å². The van der Waals surface area contributed by atoms with E-state index in [1.54, 1.807) is 31.4 Å². The van der Waals surface area contributed by atoms with Crippen LogP contribution in [0.3, 0.4) is 0 Å². The van der Waals surface area contributed by atoms with E-state index in [1.165, 1.54) is 0 Å². The third kappa shape index (κ3) is 5.01. The van der Waals surface area contributed by atoms with Crippen molar-refractivity contribution in [1.82, 2.24) is 4.98 Å². The maximum Gasteiger partial charge on any atom is 0.334 e. The molecule has 0 unspecified atom stereocenters. The van der Waals surface area contributed by atoms with Gasteiger partial charge in [-0.15, -0.1) is 0 Å². The maximum absolute atomic E-state index is 11.9. The van der Waals surface area contributed by atoms with Crippen LogP contribution in [0.25, 0.3) is 0 Å². The molecule has 0 saturated carbocycles. The Morgan fingerprint density at radius 2 is 2.07 bits per heavy atom. The average molecular weight is 393 g/mol. The second-order valence-corrected chi connectivity index (χ2v) is 6.55. The topological polar surface area (TPSA) is 80.5 Å². The van der Waals surface area contributed by atoms with Crippen molar-refractivity contribution in [3.63, 3.8) is 0 Å². The molecule has 8 heteroatoms. The van der Waals surface area contributed by atoms with Gasteiger partial charge in [0.15, 0.2) is 0 Å². The lowest BCUT2D eigenvalue weighted by atomic mass is 10.2. The van der Waals surface area contributed by atoms with E-state index >= 15 is 0 Å². The van der Waals surface area contributed by atoms with Crippen molar-refractivity contribution in [2.75, 3.05) is 30.4 Å². The zero-order valence-electron chi connectivity index (χ0n) is 16.1. The van der Waals surface area contributed by atoms with Gasteiger partial charge in [0.05, 0.1) is 22.7 Å². The van der Waals surface area contributed by atoms with Crippen LogP contribution in [-0.4, -0.2) is 30.1 Å². The molecule has 0 bridgehead atoms. The molecule has 1 aromatic carbocycles. The Labute approximate surface area is 164 Å². The van der Waals surface area contributed by atoms with E-state index in [-0.39, 0.29) is 11.5 Å². The number of unbranched alkanes of at least 4 members (excludes halogenated alkanes) is 1. The van der Waals surface area contributed by atoms with Crippen LogP contribution in [0.4, 0.5) is 22.9 Å². The molecule has 146 valence electrons. The molecule has 0 spiro atoms. The van der Waals surface area contributed by atoms with Crippen LogP contribution in [0.15, 0.2) is 24.3 Å². The Hall–Kier alpha value is -2.54. The first-order chi connectivity index (χ1) is 12.9. The number of nitro groups is 1. The van der Waals surface area contributed by atoms with E-state index in [4.69, 9.17) is 16.3 Å². The van der Waals surface area contributed by atoms with Gasteiger partial charge in [-0.2, -0.15) is 0 Å². The number of aryl methyl sites for hydroxylation is 1. The summed E-state index contributed by atoms with van der Waals surface area (Å²) in [6.07, 6.45) is 1.97. The summed E-state index contributed by atoms with van der Waals surface area (Å²) in [4.78, 5) is 17.8. The van der Waals surface area contributed by atoms with Crippen molar-refractivity contribution in [1.29, 1.82) is 0 Å². The van der Waals surface area contributed by atoms with Gasteiger partial charge in [-0.25, -0.2) is 4.98 Å². The molecule has 0 aliphatic heterocycles. The summed E-state index contributed by atoms with van der Waals surface area (Å²) < 4.78 is 5.14. The minimum atomic E-state index is -0.393. The van der Waals surface area contributed by atoms with Gasteiger partial charge >= 0.3 is 5.69 Å². The van der Waals surface area contributed by atoms with Gasteiger partial charge in [0, 0.05) is 24.8 Å². The van der Waals surface area contributed by atoms with Crippen LogP contribution in [0.2, 0.25) is 5.02 Å². The Morgan fingerprint density at radius 1 is 1.33 bits per heavy atom. The molecule has 2 rings (SSSR count). The normalized spacial score (nSPS) is 10.6. The molecule has 7 nitrogen and oxygen atoms in total. The number of nitrogens with one attached hydrogen (secondary N) is 1. The average Bonchev–Trinajstić information content (AvgIpc) is 2.63. The Morgan fingerprint density at radius 3 is 2.63 bits per heavy atom. The molecular formula is C19H25ClN4O3. The highest BCUT2D eigenvalue weighted by Gasteiger charge is 2.26. The third-order valence-corrected chi connectivity index (χ3v) is 4.53. The van der Waals surface area contributed by atoms with Crippen LogP contribution in [0.1, 0.15) is 32.4 Å². The minimum absolute atomic E-state index is 0.0505. The van der Waals surface area contributed by atoms with Gasteiger partial charge in [-0.3, -0.25) is 10.1 Å². The smallest absolute Gasteiger partial charge is 0.334 e. The monoisotopic (exact) mass is 392 g/mol. The van der Waals surface area contributed by atoms with E-state index in [0.717, 1.165) is 19.4 Å². The number of ether oxygens (including phenoxy) is 1. The van der Waals surface area contributed by atoms with Gasteiger partial charge < -0.3 is 15.0 Å². The molecular weight excluding hydrogens is 368 g/mol. The molecule has 0 radical (unpaired) electrons. The summed E-state index contributed by atoms with van der Waals surface area (Å²) in [6, 6.07) is 6.85. The first kappa shape index (κ1) is 20.8. The molecule has 27 heavy (non-hydrogen) atoms. The molecule has 0 fully saturated rings. The van der Waals surface area contributed by atoms with Crippen molar-refractivity contribution in [3.05, 3.63) is 45.1 Å². The Kier molecular flexibility index (Phi) is 7.24. The first-order valence-electron chi connectivity index (χ1n) is 8.92. The molecule has 0 saturated heterocycles. The van der Waals surface area contributed by atoms with E-state index in [0.29, 0.717) is 34.4 Å². The van der Waals surface area contributed by atoms with Crippen molar-refractivity contribution in [3.8, 4) is 5.75 Å². The number of halogens is 1. The number of rotatable bonds is 9. The largest absolute Gasteiger partial charge is 0.497 e. The molecule has 0 aliphatic carbocycles. The number of benzene rings is 1. The van der Waals surface area contributed by atoms with E-state index in [2.05, 4.69) is 17.2 Å². The van der Waals surface area contributed by atoms with Crippen LogP contribution >= 0.6 is 11.6 Å².